The van der Waals surface area contributed by atoms with Crippen molar-refractivity contribution in [3.8, 4) is 0 Å². The van der Waals surface area contributed by atoms with Gasteiger partial charge in [0.05, 0.1) is 12.2 Å². The lowest BCUT2D eigenvalue weighted by molar-refractivity contribution is -0.119. The standard InChI is InChI=1S/C21H26N2O/c1-2-23(20-9-5-7-17-6-3-4-8-19(17)20)21(24)15-22(18-12-13-18)14-16-10-11-16/h3-9,16,18H,2,10-15H2,1H3. The van der Waals surface area contributed by atoms with E-state index in [0.29, 0.717) is 12.6 Å². The molecule has 24 heavy (non-hydrogen) atoms. The molecule has 4 rings (SSSR count). The molecule has 2 aliphatic rings. The Labute approximate surface area is 144 Å². The fourth-order valence-electron chi connectivity index (χ4n) is 3.60. The van der Waals surface area contributed by atoms with Gasteiger partial charge in [0.2, 0.25) is 5.91 Å². The minimum absolute atomic E-state index is 0.237. The minimum Gasteiger partial charge on any atom is -0.311 e. The zero-order valence-corrected chi connectivity index (χ0v) is 14.4. The number of amides is 1. The Morgan fingerprint density at radius 1 is 1.04 bits per heavy atom. The van der Waals surface area contributed by atoms with E-state index >= 15 is 0 Å². The van der Waals surface area contributed by atoms with Crippen LogP contribution < -0.4 is 4.90 Å². The molecule has 0 atom stereocenters. The number of benzene rings is 2. The molecule has 126 valence electrons. The van der Waals surface area contributed by atoms with Crippen LogP contribution in [0.4, 0.5) is 5.69 Å². The fourth-order valence-corrected chi connectivity index (χ4v) is 3.60. The average Bonchev–Trinajstić information content (AvgIpc) is 3.48. The van der Waals surface area contributed by atoms with E-state index < -0.39 is 0 Å². The van der Waals surface area contributed by atoms with Crippen molar-refractivity contribution >= 4 is 22.4 Å². The Hall–Kier alpha value is -1.87. The van der Waals surface area contributed by atoms with E-state index in [1.807, 2.05) is 11.0 Å². The summed E-state index contributed by atoms with van der Waals surface area (Å²) < 4.78 is 0. The summed E-state index contributed by atoms with van der Waals surface area (Å²) in [5.41, 5.74) is 1.04. The van der Waals surface area contributed by atoms with Crippen molar-refractivity contribution in [3.05, 3.63) is 42.5 Å². The number of fused-ring (bicyclic) bond motifs is 1. The number of carbonyl (C=O) groups is 1. The largest absolute Gasteiger partial charge is 0.311 e. The molecule has 2 saturated carbocycles. The Morgan fingerprint density at radius 3 is 2.50 bits per heavy atom. The Balaban J connectivity index is 1.56. The molecule has 0 aromatic heterocycles. The first kappa shape index (κ1) is 15.6. The van der Waals surface area contributed by atoms with E-state index in [0.717, 1.165) is 30.1 Å². The van der Waals surface area contributed by atoms with Gasteiger partial charge in [-0.3, -0.25) is 9.69 Å². The molecule has 0 bridgehead atoms. The molecule has 0 unspecified atom stereocenters. The molecule has 0 N–H and O–H groups in total. The van der Waals surface area contributed by atoms with E-state index in [2.05, 4.69) is 48.2 Å². The number of rotatable bonds is 7. The second kappa shape index (κ2) is 6.56. The number of anilines is 1. The number of likely N-dealkylation sites (N-methyl/N-ethyl adjacent to an activating group) is 1. The van der Waals surface area contributed by atoms with Gasteiger partial charge in [0.15, 0.2) is 0 Å². The number of hydrogen-bond acceptors (Lipinski definition) is 2. The lowest BCUT2D eigenvalue weighted by atomic mass is 10.1. The summed E-state index contributed by atoms with van der Waals surface area (Å²) in [5.74, 6) is 1.08. The molecule has 2 aromatic carbocycles. The Kier molecular flexibility index (Phi) is 4.28. The van der Waals surface area contributed by atoms with Gasteiger partial charge < -0.3 is 4.90 Å². The van der Waals surface area contributed by atoms with Crippen LogP contribution in [0.3, 0.4) is 0 Å². The molecular formula is C21H26N2O. The van der Waals surface area contributed by atoms with E-state index in [9.17, 15) is 4.79 Å². The topological polar surface area (TPSA) is 23.6 Å². The van der Waals surface area contributed by atoms with Gasteiger partial charge in [0, 0.05) is 24.5 Å². The van der Waals surface area contributed by atoms with Gasteiger partial charge in [-0.05, 0) is 50.0 Å². The summed E-state index contributed by atoms with van der Waals surface area (Å²) in [6, 6.07) is 15.2. The summed E-state index contributed by atoms with van der Waals surface area (Å²) >= 11 is 0. The normalized spacial score (nSPS) is 17.4. The van der Waals surface area contributed by atoms with Gasteiger partial charge in [-0.15, -0.1) is 0 Å². The summed E-state index contributed by atoms with van der Waals surface area (Å²) in [6.45, 7) is 4.47. The molecule has 2 fully saturated rings. The first-order valence-electron chi connectivity index (χ1n) is 9.28. The Bertz CT molecular complexity index is 728. The molecule has 2 aliphatic carbocycles. The first-order valence-corrected chi connectivity index (χ1v) is 9.28. The third-order valence-electron chi connectivity index (χ3n) is 5.27. The van der Waals surface area contributed by atoms with Crippen molar-refractivity contribution in [2.75, 3.05) is 24.5 Å². The molecule has 3 nitrogen and oxygen atoms in total. The van der Waals surface area contributed by atoms with E-state index in [4.69, 9.17) is 0 Å². The van der Waals surface area contributed by atoms with E-state index in [-0.39, 0.29) is 5.91 Å². The summed E-state index contributed by atoms with van der Waals surface area (Å²) in [4.78, 5) is 17.4. The monoisotopic (exact) mass is 322 g/mol. The molecule has 2 aromatic rings. The fraction of sp³-hybridized carbons (Fsp3) is 0.476. The maximum Gasteiger partial charge on any atom is 0.241 e. The molecule has 0 aliphatic heterocycles. The zero-order chi connectivity index (χ0) is 16.5. The van der Waals surface area contributed by atoms with Gasteiger partial charge >= 0.3 is 0 Å². The highest BCUT2D eigenvalue weighted by molar-refractivity contribution is 6.04. The minimum atomic E-state index is 0.237. The predicted molar refractivity (Wildman–Crippen MR) is 99.3 cm³/mol. The quantitative estimate of drug-likeness (QED) is 0.767. The highest BCUT2D eigenvalue weighted by Gasteiger charge is 2.35. The van der Waals surface area contributed by atoms with Crippen molar-refractivity contribution in [1.82, 2.24) is 4.90 Å². The summed E-state index contributed by atoms with van der Waals surface area (Å²) in [6.07, 6.45) is 5.22. The molecule has 3 heteroatoms. The number of hydrogen-bond donors (Lipinski definition) is 0. The van der Waals surface area contributed by atoms with Gasteiger partial charge in [0.1, 0.15) is 0 Å². The van der Waals surface area contributed by atoms with E-state index in [1.165, 1.54) is 31.1 Å². The van der Waals surface area contributed by atoms with Crippen LogP contribution in [0.5, 0.6) is 0 Å². The van der Waals surface area contributed by atoms with Crippen molar-refractivity contribution in [1.29, 1.82) is 0 Å². The third-order valence-corrected chi connectivity index (χ3v) is 5.27. The van der Waals surface area contributed by atoms with Crippen molar-refractivity contribution in [2.24, 2.45) is 5.92 Å². The molecule has 0 saturated heterocycles. The van der Waals surface area contributed by atoms with Gasteiger partial charge in [-0.1, -0.05) is 36.4 Å². The van der Waals surface area contributed by atoms with Crippen LogP contribution in [0.1, 0.15) is 32.6 Å². The number of nitrogens with zero attached hydrogens (tertiary/aromatic N) is 2. The second-order valence-corrected chi connectivity index (χ2v) is 7.24. The van der Waals surface area contributed by atoms with Crippen LogP contribution in [0.2, 0.25) is 0 Å². The molecule has 0 heterocycles. The average molecular weight is 322 g/mol. The lowest BCUT2D eigenvalue weighted by Crippen LogP contribution is -2.42. The zero-order valence-electron chi connectivity index (χ0n) is 14.4. The SMILES string of the molecule is CCN(C(=O)CN(CC1CC1)C1CC1)c1cccc2ccccc12. The Morgan fingerprint density at radius 2 is 1.79 bits per heavy atom. The van der Waals surface area contributed by atoms with Crippen molar-refractivity contribution in [3.63, 3.8) is 0 Å². The van der Waals surface area contributed by atoms with Crippen LogP contribution in [-0.2, 0) is 4.79 Å². The van der Waals surface area contributed by atoms with Gasteiger partial charge in [-0.25, -0.2) is 0 Å². The van der Waals surface area contributed by atoms with Crippen LogP contribution in [0, 0.1) is 5.92 Å². The van der Waals surface area contributed by atoms with Crippen LogP contribution >= 0.6 is 0 Å². The van der Waals surface area contributed by atoms with Gasteiger partial charge in [-0.2, -0.15) is 0 Å². The molecule has 1 amide bonds. The maximum absolute atomic E-state index is 13.0. The van der Waals surface area contributed by atoms with Crippen LogP contribution in [0.25, 0.3) is 10.8 Å². The molecule has 0 radical (unpaired) electrons. The van der Waals surface area contributed by atoms with Gasteiger partial charge in [0.25, 0.3) is 0 Å². The third kappa shape index (κ3) is 3.32. The van der Waals surface area contributed by atoms with E-state index in [1.54, 1.807) is 0 Å². The molecular weight excluding hydrogens is 296 g/mol. The summed E-state index contributed by atoms with van der Waals surface area (Å²) in [5, 5.41) is 2.36. The highest BCUT2D eigenvalue weighted by atomic mass is 16.2. The smallest absolute Gasteiger partial charge is 0.241 e. The van der Waals surface area contributed by atoms with Crippen LogP contribution in [0.15, 0.2) is 42.5 Å². The number of carbonyl (C=O) groups excluding carboxylic acids is 1. The second-order valence-electron chi connectivity index (χ2n) is 7.24. The lowest BCUT2D eigenvalue weighted by Gasteiger charge is -2.27. The highest BCUT2D eigenvalue weighted by Crippen LogP contribution is 2.35. The summed E-state index contributed by atoms with van der Waals surface area (Å²) in [7, 11) is 0. The van der Waals surface area contributed by atoms with Crippen molar-refractivity contribution < 1.29 is 4.79 Å². The van der Waals surface area contributed by atoms with Crippen LogP contribution in [-0.4, -0.2) is 36.5 Å². The first-order chi connectivity index (χ1) is 11.8. The molecule has 0 spiro atoms. The maximum atomic E-state index is 13.0. The van der Waals surface area contributed by atoms with Crippen molar-refractivity contribution in [2.45, 2.75) is 38.6 Å². The predicted octanol–water partition coefficient (Wildman–Crippen LogP) is 4.07.